The first kappa shape index (κ1) is 21.8. The molecule has 7 nitrogen and oxygen atoms in total. The summed E-state index contributed by atoms with van der Waals surface area (Å²) in [7, 11) is 0. The number of nitrogens with zero attached hydrogens (tertiary/aromatic N) is 2. The van der Waals surface area contributed by atoms with Gasteiger partial charge in [0.25, 0.3) is 0 Å². The van der Waals surface area contributed by atoms with Crippen LogP contribution in [0.4, 0.5) is 20.6 Å². The number of nitrogens with one attached hydrogen (secondary N) is 2. The number of oxazole rings is 1. The number of carbonyl (C=O) groups excluding carboxylic acids is 1. The summed E-state index contributed by atoms with van der Waals surface area (Å²) >= 11 is 0. The van der Waals surface area contributed by atoms with Crippen molar-refractivity contribution in [1.29, 1.82) is 0 Å². The van der Waals surface area contributed by atoms with Gasteiger partial charge in [-0.2, -0.15) is 0 Å². The second kappa shape index (κ2) is 9.82. The molecule has 2 amide bonds. The molecule has 2 N–H and O–H groups in total. The van der Waals surface area contributed by atoms with Crippen molar-refractivity contribution < 1.29 is 18.3 Å². The third-order valence-corrected chi connectivity index (χ3v) is 5.22. The lowest BCUT2D eigenvalue weighted by Gasteiger charge is -2.37. The van der Waals surface area contributed by atoms with Gasteiger partial charge >= 0.3 is 6.03 Å². The normalized spacial score (nSPS) is 18.4. The van der Waals surface area contributed by atoms with Crippen molar-refractivity contribution in [2.75, 3.05) is 29.9 Å². The van der Waals surface area contributed by atoms with E-state index in [9.17, 15) is 9.18 Å². The molecule has 0 aliphatic carbocycles. The molecule has 168 valence electrons. The fourth-order valence-corrected chi connectivity index (χ4v) is 3.85. The van der Waals surface area contributed by atoms with Gasteiger partial charge in [-0.3, -0.25) is 0 Å². The Kier molecular flexibility index (Phi) is 6.70. The lowest BCUT2D eigenvalue weighted by Crippen LogP contribution is -2.45. The molecule has 0 spiro atoms. The maximum Gasteiger partial charge on any atom is 0.319 e. The number of halogens is 1. The maximum absolute atomic E-state index is 13.1. The highest BCUT2D eigenvalue weighted by atomic mass is 19.1. The van der Waals surface area contributed by atoms with Crippen molar-refractivity contribution in [3.8, 4) is 11.5 Å². The number of aromatic nitrogens is 1. The maximum atomic E-state index is 13.1. The average molecular weight is 439 g/mol. The molecule has 2 heterocycles. The van der Waals surface area contributed by atoms with Gasteiger partial charge in [0, 0.05) is 31.6 Å². The van der Waals surface area contributed by atoms with E-state index in [1.165, 1.54) is 12.1 Å². The number of hydrogen-bond acceptors (Lipinski definition) is 5. The third-order valence-electron chi connectivity index (χ3n) is 5.22. The summed E-state index contributed by atoms with van der Waals surface area (Å²) < 4.78 is 24.3. The van der Waals surface area contributed by atoms with E-state index in [4.69, 9.17) is 9.15 Å². The Labute approximate surface area is 186 Å². The van der Waals surface area contributed by atoms with Crippen LogP contribution >= 0.6 is 0 Å². The molecule has 3 aromatic rings. The molecule has 2 aromatic carbocycles. The Balaban J connectivity index is 1.31. The van der Waals surface area contributed by atoms with Gasteiger partial charge in [0.05, 0.1) is 29.3 Å². The largest absolute Gasteiger partial charge is 0.444 e. The third kappa shape index (κ3) is 5.45. The molecule has 1 aromatic heterocycles. The SMILES string of the molecule is CC1CN(c2ccccc2NC(=O)NCCc2coc(-c3ccc(F)cc3)n2)CC(C)O1. The van der Waals surface area contributed by atoms with E-state index in [2.05, 4.69) is 34.4 Å². The molecule has 0 saturated carbocycles. The molecule has 32 heavy (non-hydrogen) atoms. The second-order valence-electron chi connectivity index (χ2n) is 7.96. The summed E-state index contributed by atoms with van der Waals surface area (Å²) in [4.78, 5) is 19.1. The molecule has 2 unspecified atom stereocenters. The number of hydrogen-bond donors (Lipinski definition) is 2. The lowest BCUT2D eigenvalue weighted by atomic mass is 10.1. The summed E-state index contributed by atoms with van der Waals surface area (Å²) in [5.74, 6) is 0.113. The molecule has 0 radical (unpaired) electrons. The summed E-state index contributed by atoms with van der Waals surface area (Å²) in [6.45, 7) is 6.04. The minimum absolute atomic E-state index is 0.128. The highest BCUT2D eigenvalue weighted by Crippen LogP contribution is 2.28. The van der Waals surface area contributed by atoms with Crippen LogP contribution in [-0.4, -0.2) is 42.9 Å². The Hall–Kier alpha value is -3.39. The Bertz CT molecular complexity index is 1040. The highest BCUT2D eigenvalue weighted by Gasteiger charge is 2.24. The monoisotopic (exact) mass is 438 g/mol. The molecular formula is C24H27FN4O3. The van der Waals surface area contributed by atoms with Crippen LogP contribution in [0.2, 0.25) is 0 Å². The molecule has 8 heteroatoms. The summed E-state index contributed by atoms with van der Waals surface area (Å²) in [5.41, 5.74) is 3.14. The average Bonchev–Trinajstić information content (AvgIpc) is 3.23. The van der Waals surface area contributed by atoms with Crippen LogP contribution in [0, 0.1) is 5.82 Å². The molecule has 0 bridgehead atoms. The van der Waals surface area contributed by atoms with Crippen LogP contribution < -0.4 is 15.5 Å². The number of amides is 2. The number of anilines is 2. The van der Waals surface area contributed by atoms with Gasteiger partial charge in [-0.1, -0.05) is 12.1 Å². The Morgan fingerprint density at radius 3 is 2.59 bits per heavy atom. The van der Waals surface area contributed by atoms with Crippen LogP contribution in [0.25, 0.3) is 11.5 Å². The predicted molar refractivity (Wildman–Crippen MR) is 121 cm³/mol. The van der Waals surface area contributed by atoms with Gasteiger partial charge in [0.1, 0.15) is 12.1 Å². The van der Waals surface area contributed by atoms with Crippen LogP contribution in [0.1, 0.15) is 19.5 Å². The number of ether oxygens (including phenoxy) is 1. The van der Waals surface area contributed by atoms with Crippen LogP contribution in [-0.2, 0) is 11.2 Å². The van der Waals surface area contributed by atoms with Gasteiger partial charge in [-0.15, -0.1) is 0 Å². The molecule has 1 aliphatic heterocycles. The van der Waals surface area contributed by atoms with Crippen molar-refractivity contribution in [2.24, 2.45) is 0 Å². The quantitative estimate of drug-likeness (QED) is 0.594. The molecule has 1 saturated heterocycles. The number of para-hydroxylation sites is 2. The Morgan fingerprint density at radius 1 is 1.12 bits per heavy atom. The molecule has 2 atom stereocenters. The fraction of sp³-hybridized carbons (Fsp3) is 0.333. The summed E-state index contributed by atoms with van der Waals surface area (Å²) in [6.07, 6.45) is 2.32. The van der Waals surface area contributed by atoms with E-state index >= 15 is 0 Å². The number of morpholine rings is 1. The predicted octanol–water partition coefficient (Wildman–Crippen LogP) is 4.46. The first-order chi connectivity index (χ1) is 15.5. The first-order valence-corrected chi connectivity index (χ1v) is 10.7. The van der Waals surface area contributed by atoms with Crippen LogP contribution in [0.5, 0.6) is 0 Å². The first-order valence-electron chi connectivity index (χ1n) is 10.7. The molecule has 1 aliphatic rings. The van der Waals surface area contributed by atoms with E-state index in [0.29, 0.717) is 30.1 Å². The number of benzene rings is 2. The molecule has 4 rings (SSSR count). The number of rotatable bonds is 6. The standard InChI is InChI=1S/C24H27FN4O3/c1-16-13-29(14-17(2)32-16)22-6-4-3-5-21(22)28-24(30)26-12-11-20-15-31-23(27-20)18-7-9-19(25)10-8-18/h3-10,15-17H,11-14H2,1-2H3,(H2,26,28,30). The second-order valence-corrected chi connectivity index (χ2v) is 7.96. The fourth-order valence-electron chi connectivity index (χ4n) is 3.85. The summed E-state index contributed by atoms with van der Waals surface area (Å²) in [6, 6.07) is 13.4. The van der Waals surface area contributed by atoms with Gasteiger partial charge < -0.3 is 24.7 Å². The lowest BCUT2D eigenvalue weighted by molar-refractivity contribution is -0.00517. The number of urea groups is 1. The number of carbonyl (C=O) groups is 1. The zero-order chi connectivity index (χ0) is 22.5. The molecular weight excluding hydrogens is 411 g/mol. The van der Waals surface area contributed by atoms with Gasteiger partial charge in [-0.05, 0) is 50.2 Å². The van der Waals surface area contributed by atoms with Crippen molar-refractivity contribution in [2.45, 2.75) is 32.5 Å². The van der Waals surface area contributed by atoms with Crippen molar-refractivity contribution in [3.63, 3.8) is 0 Å². The van der Waals surface area contributed by atoms with Crippen LogP contribution in [0.3, 0.4) is 0 Å². The van der Waals surface area contributed by atoms with Gasteiger partial charge in [0.15, 0.2) is 0 Å². The van der Waals surface area contributed by atoms with Crippen molar-refractivity contribution in [1.82, 2.24) is 10.3 Å². The Morgan fingerprint density at radius 2 is 1.84 bits per heavy atom. The highest BCUT2D eigenvalue weighted by molar-refractivity contribution is 5.93. The van der Waals surface area contributed by atoms with Crippen LogP contribution in [0.15, 0.2) is 59.2 Å². The zero-order valence-electron chi connectivity index (χ0n) is 18.2. The molecule has 1 fully saturated rings. The van der Waals surface area contributed by atoms with E-state index in [0.717, 1.165) is 24.5 Å². The summed E-state index contributed by atoms with van der Waals surface area (Å²) in [5, 5.41) is 5.81. The zero-order valence-corrected chi connectivity index (χ0v) is 18.2. The minimum atomic E-state index is -0.310. The minimum Gasteiger partial charge on any atom is -0.444 e. The van der Waals surface area contributed by atoms with Gasteiger partial charge in [0.2, 0.25) is 5.89 Å². The van der Waals surface area contributed by atoms with E-state index in [1.807, 2.05) is 24.3 Å². The van der Waals surface area contributed by atoms with Crippen molar-refractivity contribution in [3.05, 3.63) is 66.3 Å². The smallest absolute Gasteiger partial charge is 0.319 e. The van der Waals surface area contributed by atoms with Crippen molar-refractivity contribution >= 4 is 17.4 Å². The topological polar surface area (TPSA) is 79.6 Å². The van der Waals surface area contributed by atoms with Gasteiger partial charge in [-0.25, -0.2) is 14.2 Å². The van der Waals surface area contributed by atoms with E-state index in [1.54, 1.807) is 18.4 Å². The van der Waals surface area contributed by atoms with E-state index < -0.39 is 0 Å². The van der Waals surface area contributed by atoms with E-state index in [-0.39, 0.29) is 24.1 Å².